The number of fused-ring (bicyclic) bond motifs is 1. The Balaban J connectivity index is 1.45. The van der Waals surface area contributed by atoms with Gasteiger partial charge in [0.2, 0.25) is 5.91 Å². The molecule has 0 aliphatic heterocycles. The number of amides is 1. The van der Waals surface area contributed by atoms with Crippen LogP contribution in [0.3, 0.4) is 0 Å². The lowest BCUT2D eigenvalue weighted by atomic mass is 10.0. The Morgan fingerprint density at radius 3 is 2.96 bits per heavy atom. The maximum atomic E-state index is 12.2. The van der Waals surface area contributed by atoms with Crippen molar-refractivity contribution >= 4 is 33.7 Å². The number of thiophene rings is 1. The van der Waals surface area contributed by atoms with Crippen LogP contribution in [0.25, 0.3) is 10.6 Å². The van der Waals surface area contributed by atoms with E-state index < -0.39 is 0 Å². The highest BCUT2D eigenvalue weighted by Crippen LogP contribution is 2.29. The molecule has 1 aliphatic carbocycles. The monoisotopic (exact) mass is 372 g/mol. The molecule has 3 aromatic heterocycles. The van der Waals surface area contributed by atoms with E-state index in [1.165, 1.54) is 50.9 Å². The Kier molecular flexibility index (Phi) is 4.46. The summed E-state index contributed by atoms with van der Waals surface area (Å²) in [7, 11) is 0. The molecule has 1 aliphatic rings. The lowest BCUT2D eigenvalue weighted by Crippen LogP contribution is -2.27. The molecule has 6 nitrogen and oxygen atoms in total. The lowest BCUT2D eigenvalue weighted by molar-refractivity contribution is -0.116. The van der Waals surface area contributed by atoms with Crippen LogP contribution >= 0.6 is 22.7 Å². The quantitative estimate of drug-likeness (QED) is 0.764. The van der Waals surface area contributed by atoms with E-state index >= 15 is 0 Å². The van der Waals surface area contributed by atoms with Crippen molar-refractivity contribution < 1.29 is 4.79 Å². The molecule has 0 atom stereocenters. The van der Waals surface area contributed by atoms with Gasteiger partial charge in [-0.15, -0.1) is 22.7 Å². The minimum Gasteiger partial charge on any atom is -0.300 e. The number of anilines is 1. The standard InChI is InChI=1S/C17H16N4O2S2/c22-15(20-17-19-11-4-1-2-5-14(11)25-17)9-21-10-18-12(8-16(21)23)13-6-3-7-24-13/h3,6-8,10H,1-2,4-5,9H2,(H,19,20,22). The molecule has 4 rings (SSSR count). The number of hydrogen-bond donors (Lipinski definition) is 1. The number of nitrogens with zero attached hydrogens (tertiary/aromatic N) is 3. The van der Waals surface area contributed by atoms with E-state index in [2.05, 4.69) is 15.3 Å². The van der Waals surface area contributed by atoms with Crippen molar-refractivity contribution in [1.82, 2.24) is 14.5 Å². The number of aryl methyl sites for hydroxylation is 2. The van der Waals surface area contributed by atoms with Gasteiger partial charge in [0.1, 0.15) is 6.54 Å². The summed E-state index contributed by atoms with van der Waals surface area (Å²) in [6.45, 7) is -0.0687. The summed E-state index contributed by atoms with van der Waals surface area (Å²) in [5.74, 6) is -0.265. The summed E-state index contributed by atoms with van der Waals surface area (Å²) >= 11 is 3.06. The number of aromatic nitrogens is 3. The molecule has 0 radical (unpaired) electrons. The third-order valence-corrected chi connectivity index (χ3v) is 6.02. The third-order valence-electron chi connectivity index (χ3n) is 4.06. The molecular formula is C17H16N4O2S2. The van der Waals surface area contributed by atoms with Gasteiger partial charge in [-0.2, -0.15) is 0 Å². The van der Waals surface area contributed by atoms with Crippen molar-refractivity contribution in [3.05, 3.63) is 50.8 Å². The molecular weight excluding hydrogens is 356 g/mol. The maximum Gasteiger partial charge on any atom is 0.254 e. The summed E-state index contributed by atoms with van der Waals surface area (Å²) in [6, 6.07) is 5.28. The first-order valence-corrected chi connectivity index (χ1v) is 9.77. The van der Waals surface area contributed by atoms with E-state index in [1.807, 2.05) is 17.5 Å². The molecule has 0 saturated carbocycles. The van der Waals surface area contributed by atoms with Gasteiger partial charge in [0, 0.05) is 10.9 Å². The molecule has 3 heterocycles. The van der Waals surface area contributed by atoms with Crippen LogP contribution in [0.4, 0.5) is 5.13 Å². The Morgan fingerprint density at radius 2 is 2.20 bits per heavy atom. The smallest absolute Gasteiger partial charge is 0.254 e. The second kappa shape index (κ2) is 6.89. The molecule has 128 valence electrons. The van der Waals surface area contributed by atoms with Gasteiger partial charge in [0.15, 0.2) is 5.13 Å². The number of hydrogen-bond acceptors (Lipinski definition) is 6. The van der Waals surface area contributed by atoms with Gasteiger partial charge in [-0.25, -0.2) is 9.97 Å². The molecule has 1 N–H and O–H groups in total. The molecule has 0 bridgehead atoms. The molecule has 0 unspecified atom stereocenters. The van der Waals surface area contributed by atoms with E-state index in [1.54, 1.807) is 0 Å². The zero-order valence-corrected chi connectivity index (χ0v) is 15.0. The van der Waals surface area contributed by atoms with Crippen LogP contribution in [-0.4, -0.2) is 20.4 Å². The Bertz CT molecular complexity index is 936. The first-order valence-electron chi connectivity index (χ1n) is 8.08. The second-order valence-electron chi connectivity index (χ2n) is 5.86. The van der Waals surface area contributed by atoms with Crippen LogP contribution in [0.5, 0.6) is 0 Å². The average Bonchev–Trinajstić information content (AvgIpc) is 3.25. The van der Waals surface area contributed by atoms with Crippen LogP contribution in [-0.2, 0) is 24.2 Å². The zero-order chi connectivity index (χ0) is 17.2. The second-order valence-corrected chi connectivity index (χ2v) is 7.89. The highest BCUT2D eigenvalue weighted by atomic mass is 32.1. The highest BCUT2D eigenvalue weighted by molar-refractivity contribution is 7.15. The molecule has 8 heteroatoms. The predicted octanol–water partition coefficient (Wildman–Crippen LogP) is 2.95. The topological polar surface area (TPSA) is 76.9 Å². The molecule has 25 heavy (non-hydrogen) atoms. The van der Waals surface area contributed by atoms with Crippen LogP contribution < -0.4 is 10.9 Å². The van der Waals surface area contributed by atoms with Crippen molar-refractivity contribution in [2.24, 2.45) is 0 Å². The van der Waals surface area contributed by atoms with Gasteiger partial charge in [-0.05, 0) is 37.1 Å². The van der Waals surface area contributed by atoms with Gasteiger partial charge >= 0.3 is 0 Å². The number of thiazole rings is 1. The predicted molar refractivity (Wildman–Crippen MR) is 99.2 cm³/mol. The summed E-state index contributed by atoms with van der Waals surface area (Å²) < 4.78 is 1.31. The fraction of sp³-hybridized carbons (Fsp3) is 0.294. The number of rotatable bonds is 4. The van der Waals surface area contributed by atoms with Crippen molar-refractivity contribution in [1.29, 1.82) is 0 Å². The minimum absolute atomic E-state index is 0.0687. The molecule has 0 fully saturated rings. The van der Waals surface area contributed by atoms with Crippen LogP contribution in [0.2, 0.25) is 0 Å². The van der Waals surface area contributed by atoms with Crippen molar-refractivity contribution in [3.8, 4) is 10.6 Å². The number of nitrogens with one attached hydrogen (secondary N) is 1. The Hall–Kier alpha value is -2.32. The Labute approximate surface area is 152 Å². The lowest BCUT2D eigenvalue weighted by Gasteiger charge is -2.06. The van der Waals surface area contributed by atoms with Crippen LogP contribution in [0.15, 0.2) is 34.7 Å². The molecule has 0 spiro atoms. The summed E-state index contributed by atoms with van der Waals surface area (Å²) in [4.78, 5) is 35.4. The SMILES string of the molecule is O=C(Cn1cnc(-c2cccs2)cc1=O)Nc1nc2c(s1)CCCC2. The molecule has 0 aromatic carbocycles. The Morgan fingerprint density at radius 1 is 1.32 bits per heavy atom. The van der Waals surface area contributed by atoms with Crippen molar-refractivity contribution in [3.63, 3.8) is 0 Å². The summed E-state index contributed by atoms with van der Waals surface area (Å²) in [5.41, 5.74) is 1.49. The number of carbonyl (C=O) groups excluding carboxylic acids is 1. The van der Waals surface area contributed by atoms with E-state index in [0.717, 1.165) is 29.8 Å². The normalized spacial score (nSPS) is 13.4. The first-order chi connectivity index (χ1) is 12.2. The fourth-order valence-electron chi connectivity index (χ4n) is 2.82. The van der Waals surface area contributed by atoms with Gasteiger partial charge in [-0.1, -0.05) is 6.07 Å². The van der Waals surface area contributed by atoms with E-state index in [-0.39, 0.29) is 18.0 Å². The average molecular weight is 372 g/mol. The molecule has 0 saturated heterocycles. The van der Waals surface area contributed by atoms with Crippen molar-refractivity contribution in [2.75, 3.05) is 5.32 Å². The van der Waals surface area contributed by atoms with Crippen LogP contribution in [0.1, 0.15) is 23.4 Å². The van der Waals surface area contributed by atoms with Gasteiger partial charge < -0.3 is 5.32 Å². The number of carbonyl (C=O) groups is 1. The van der Waals surface area contributed by atoms with E-state index in [9.17, 15) is 9.59 Å². The maximum absolute atomic E-state index is 12.2. The fourth-order valence-corrected chi connectivity index (χ4v) is 4.58. The largest absolute Gasteiger partial charge is 0.300 e. The summed E-state index contributed by atoms with van der Waals surface area (Å²) in [5, 5.41) is 5.35. The zero-order valence-electron chi connectivity index (χ0n) is 13.4. The summed E-state index contributed by atoms with van der Waals surface area (Å²) in [6.07, 6.45) is 5.78. The first kappa shape index (κ1) is 16.2. The van der Waals surface area contributed by atoms with Gasteiger partial charge in [0.25, 0.3) is 5.56 Å². The van der Waals surface area contributed by atoms with Gasteiger partial charge in [-0.3, -0.25) is 14.2 Å². The van der Waals surface area contributed by atoms with Gasteiger partial charge in [0.05, 0.1) is 22.6 Å². The van der Waals surface area contributed by atoms with Crippen LogP contribution in [0, 0.1) is 0 Å². The highest BCUT2D eigenvalue weighted by Gasteiger charge is 2.16. The van der Waals surface area contributed by atoms with E-state index in [4.69, 9.17) is 0 Å². The van der Waals surface area contributed by atoms with E-state index in [0.29, 0.717) is 10.8 Å². The molecule has 3 aromatic rings. The molecule has 1 amide bonds. The minimum atomic E-state index is -0.265. The van der Waals surface area contributed by atoms with Crippen molar-refractivity contribution in [2.45, 2.75) is 32.2 Å². The third kappa shape index (κ3) is 3.54.